The van der Waals surface area contributed by atoms with Crippen LogP contribution in [0.25, 0.3) is 22.5 Å². The number of alkyl carbamates (subject to hydrolysis) is 1. The number of carbonyl (C=O) groups excluding carboxylic acids is 4. The summed E-state index contributed by atoms with van der Waals surface area (Å²) in [6.07, 6.45) is 4.28. The predicted molar refractivity (Wildman–Crippen MR) is 228 cm³/mol. The number of tetrazole rings is 1. The fourth-order valence-corrected chi connectivity index (χ4v) is 7.40. The third kappa shape index (κ3) is 12.2. The monoisotopic (exact) mass is 822 g/mol. The average Bonchev–Trinajstić information content (AvgIpc) is 3.75. The number of anilines is 2. The first-order chi connectivity index (χ1) is 28.5. The number of benzene rings is 2. The number of piperazine rings is 1. The van der Waals surface area contributed by atoms with Gasteiger partial charge in [-0.2, -0.15) is 5.21 Å². The number of pyridine rings is 1. The minimum atomic E-state index is -0.842. The molecule has 0 radical (unpaired) electrons. The van der Waals surface area contributed by atoms with Crippen LogP contribution in [0.15, 0.2) is 60.8 Å². The molecule has 1 saturated heterocycles. The van der Waals surface area contributed by atoms with Gasteiger partial charge in [0.2, 0.25) is 17.6 Å². The topological polar surface area (TPSA) is 197 Å². The minimum Gasteiger partial charge on any atom is -0.444 e. The van der Waals surface area contributed by atoms with Crippen molar-refractivity contribution in [2.45, 2.75) is 97.8 Å². The lowest BCUT2D eigenvalue weighted by molar-refractivity contribution is -0.130. The van der Waals surface area contributed by atoms with Gasteiger partial charge in [0.25, 0.3) is 0 Å². The number of hydrogen-bond acceptors (Lipinski definition) is 11. The summed E-state index contributed by atoms with van der Waals surface area (Å²) < 4.78 is 10.9. The van der Waals surface area contributed by atoms with Crippen LogP contribution in [0.1, 0.15) is 78.4 Å². The molecule has 320 valence electrons. The second-order valence-electron chi connectivity index (χ2n) is 17.7. The number of aryl methyl sites for hydroxylation is 1. The van der Waals surface area contributed by atoms with Crippen LogP contribution in [0.5, 0.6) is 0 Å². The lowest BCUT2D eigenvalue weighted by Gasteiger charge is -2.36. The number of aromatic amines is 1. The Hall–Kier alpha value is -6.06. The van der Waals surface area contributed by atoms with Gasteiger partial charge in [0.15, 0.2) is 0 Å². The van der Waals surface area contributed by atoms with Gasteiger partial charge in [0, 0.05) is 68.1 Å². The summed E-state index contributed by atoms with van der Waals surface area (Å²) in [7, 11) is 0. The molecule has 60 heavy (non-hydrogen) atoms. The first kappa shape index (κ1) is 43.5. The third-order valence-electron chi connectivity index (χ3n) is 10.6. The summed E-state index contributed by atoms with van der Waals surface area (Å²) in [5, 5.41) is 23.0. The standard InChI is InChI=1S/C44H58N10O6/c1-28-24-37(53-20-22-54(23-21-53)42(58)60-44(5,6)7)45-27-35(28)31-12-8-29(9-13-31)25-36(40(56)47-34-18-16-32(17-19-34)38-49-51-52-50-38)48-39(55)33-14-10-30(11-15-33)26-46-41(57)59-43(2,3)4/h8-9,12-13,16-19,24,27,30,33,36H,10-11,14-15,20-23,25-26H2,1-7H3,(H,46,57)(H,47,56)(H,48,55)(H,49,50,51,52). The van der Waals surface area contributed by atoms with Gasteiger partial charge in [0.1, 0.15) is 23.1 Å². The Morgan fingerprint density at radius 1 is 0.850 bits per heavy atom. The van der Waals surface area contributed by atoms with Crippen molar-refractivity contribution in [1.29, 1.82) is 0 Å². The lowest BCUT2D eigenvalue weighted by Crippen LogP contribution is -2.50. The van der Waals surface area contributed by atoms with Gasteiger partial charge in [-0.3, -0.25) is 9.59 Å². The Morgan fingerprint density at radius 3 is 2.10 bits per heavy atom. The fourth-order valence-electron chi connectivity index (χ4n) is 7.40. The number of carbonyl (C=O) groups is 4. The first-order valence-corrected chi connectivity index (χ1v) is 20.7. The highest BCUT2D eigenvalue weighted by atomic mass is 16.6. The summed E-state index contributed by atoms with van der Waals surface area (Å²) in [5.74, 6) is 0.794. The molecule has 2 aromatic carbocycles. The molecule has 4 amide bonds. The van der Waals surface area contributed by atoms with E-state index in [1.54, 1.807) is 29.2 Å². The predicted octanol–water partition coefficient (Wildman–Crippen LogP) is 6.29. The Kier molecular flexibility index (Phi) is 13.7. The second kappa shape index (κ2) is 18.9. The van der Waals surface area contributed by atoms with Crippen molar-refractivity contribution in [1.82, 2.24) is 41.1 Å². The van der Waals surface area contributed by atoms with Crippen LogP contribution >= 0.6 is 0 Å². The van der Waals surface area contributed by atoms with Crippen LogP contribution in [0.2, 0.25) is 0 Å². The molecule has 4 N–H and O–H groups in total. The van der Waals surface area contributed by atoms with Crippen molar-refractivity contribution in [2.24, 2.45) is 11.8 Å². The van der Waals surface area contributed by atoms with E-state index >= 15 is 0 Å². The zero-order chi connectivity index (χ0) is 43.0. The van der Waals surface area contributed by atoms with Crippen LogP contribution in [0.3, 0.4) is 0 Å². The zero-order valence-corrected chi connectivity index (χ0v) is 35.7. The van der Waals surface area contributed by atoms with Crippen molar-refractivity contribution >= 4 is 35.5 Å². The van der Waals surface area contributed by atoms with E-state index in [4.69, 9.17) is 14.5 Å². The van der Waals surface area contributed by atoms with E-state index in [2.05, 4.69) is 54.5 Å². The molecule has 1 aliphatic heterocycles. The molecule has 4 aromatic rings. The molecule has 16 nitrogen and oxygen atoms in total. The number of nitrogens with zero attached hydrogens (tertiary/aromatic N) is 6. The SMILES string of the molecule is Cc1cc(N2CCN(C(=O)OC(C)(C)C)CC2)ncc1-c1ccc(CC(NC(=O)C2CCC(CNC(=O)OC(C)(C)C)CC2)C(=O)Nc2ccc(-c3nn[nH]n3)cc2)cc1. The van der Waals surface area contributed by atoms with Crippen molar-refractivity contribution < 1.29 is 28.7 Å². The highest BCUT2D eigenvalue weighted by molar-refractivity contribution is 5.97. The molecule has 2 aliphatic rings. The van der Waals surface area contributed by atoms with E-state index in [1.165, 1.54) is 0 Å². The molecule has 3 heterocycles. The fraction of sp³-hybridized carbons (Fsp3) is 0.500. The number of hydrogen-bond donors (Lipinski definition) is 4. The maximum atomic E-state index is 13.9. The number of H-pyrrole nitrogens is 1. The summed E-state index contributed by atoms with van der Waals surface area (Å²) >= 11 is 0. The quantitative estimate of drug-likeness (QED) is 0.133. The van der Waals surface area contributed by atoms with Crippen LogP contribution < -0.4 is 20.9 Å². The first-order valence-electron chi connectivity index (χ1n) is 20.7. The Balaban J connectivity index is 1.09. The van der Waals surface area contributed by atoms with Crippen molar-refractivity contribution in [3.8, 4) is 22.5 Å². The minimum absolute atomic E-state index is 0.161. The second-order valence-corrected chi connectivity index (χ2v) is 17.7. The summed E-state index contributed by atoms with van der Waals surface area (Å²) in [5.41, 5.74) is 4.11. The summed E-state index contributed by atoms with van der Waals surface area (Å²) in [6, 6.07) is 16.3. The van der Waals surface area contributed by atoms with Crippen molar-refractivity contribution in [2.75, 3.05) is 42.9 Å². The number of aromatic nitrogens is 5. The molecule has 2 fully saturated rings. The largest absolute Gasteiger partial charge is 0.444 e. The van der Waals surface area contributed by atoms with E-state index in [1.807, 2.05) is 72.0 Å². The Bertz CT molecular complexity index is 2080. The van der Waals surface area contributed by atoms with Crippen molar-refractivity contribution in [3.05, 3.63) is 71.9 Å². The molecular formula is C44H58N10O6. The molecule has 2 aromatic heterocycles. The smallest absolute Gasteiger partial charge is 0.410 e. The number of nitrogens with one attached hydrogen (secondary N) is 4. The molecule has 0 spiro atoms. The summed E-state index contributed by atoms with van der Waals surface area (Å²) in [6.45, 7) is 16.1. The number of ether oxygens (including phenoxy) is 2. The molecular weight excluding hydrogens is 765 g/mol. The normalized spacial score (nSPS) is 17.6. The van der Waals surface area contributed by atoms with Crippen LogP contribution in [-0.4, -0.2) is 104 Å². The van der Waals surface area contributed by atoms with Gasteiger partial charge in [-0.25, -0.2) is 14.6 Å². The maximum Gasteiger partial charge on any atom is 0.410 e. The van der Waals surface area contributed by atoms with Gasteiger partial charge in [-0.05, 0) is 132 Å². The van der Waals surface area contributed by atoms with Crippen molar-refractivity contribution in [3.63, 3.8) is 0 Å². The van der Waals surface area contributed by atoms with Gasteiger partial charge >= 0.3 is 12.2 Å². The van der Waals surface area contributed by atoms with Gasteiger partial charge in [0.05, 0.1) is 0 Å². The van der Waals surface area contributed by atoms with Crippen LogP contribution in [-0.2, 0) is 25.5 Å². The average molecular weight is 823 g/mol. The third-order valence-corrected chi connectivity index (χ3v) is 10.6. The number of rotatable bonds is 11. The van der Waals surface area contributed by atoms with E-state index in [0.29, 0.717) is 57.1 Å². The van der Waals surface area contributed by atoms with E-state index < -0.39 is 23.3 Å². The van der Waals surface area contributed by atoms with E-state index in [9.17, 15) is 19.2 Å². The molecule has 6 rings (SSSR count). The lowest BCUT2D eigenvalue weighted by atomic mass is 9.81. The molecule has 1 aliphatic carbocycles. The van der Waals surface area contributed by atoms with E-state index in [-0.39, 0.29) is 36.2 Å². The molecule has 16 heteroatoms. The Morgan fingerprint density at radius 2 is 1.50 bits per heavy atom. The maximum absolute atomic E-state index is 13.9. The van der Waals surface area contributed by atoms with Crippen LogP contribution in [0, 0.1) is 18.8 Å². The van der Waals surface area contributed by atoms with Gasteiger partial charge < -0.3 is 35.2 Å². The molecule has 1 unspecified atom stereocenters. The molecule has 0 bridgehead atoms. The number of amides is 4. The molecule has 1 atom stereocenters. The van der Waals surface area contributed by atoms with Gasteiger partial charge in [-0.15, -0.1) is 10.2 Å². The highest BCUT2D eigenvalue weighted by Gasteiger charge is 2.31. The summed E-state index contributed by atoms with van der Waals surface area (Å²) in [4.78, 5) is 61.1. The van der Waals surface area contributed by atoms with Crippen LogP contribution in [0.4, 0.5) is 21.1 Å². The van der Waals surface area contributed by atoms with Gasteiger partial charge in [-0.1, -0.05) is 24.3 Å². The van der Waals surface area contributed by atoms with E-state index in [0.717, 1.165) is 46.5 Å². The molecule has 1 saturated carbocycles. The zero-order valence-electron chi connectivity index (χ0n) is 35.7. The highest BCUT2D eigenvalue weighted by Crippen LogP contribution is 2.30. The Labute approximate surface area is 351 Å².